The average Bonchev–Trinajstić information content (AvgIpc) is 3.19. The molecule has 0 radical (unpaired) electrons. The minimum absolute atomic E-state index is 0.280. The Bertz CT molecular complexity index is 1060. The molecule has 0 atom stereocenters. The van der Waals surface area contributed by atoms with Crippen LogP contribution in [0.1, 0.15) is 12.7 Å². The van der Waals surface area contributed by atoms with E-state index in [9.17, 15) is 9.59 Å². The Balaban J connectivity index is 1.49. The zero-order valence-electron chi connectivity index (χ0n) is 16.6. The first kappa shape index (κ1) is 20.8. The van der Waals surface area contributed by atoms with Crippen molar-refractivity contribution >= 4 is 28.9 Å². The number of carbonyl (C=O) groups excluding carboxylic acids is 2. The van der Waals surface area contributed by atoms with E-state index in [1.165, 1.54) is 12.2 Å². The number of amides is 2. The molecule has 1 aromatic heterocycles. The van der Waals surface area contributed by atoms with Crippen LogP contribution in [0.25, 0.3) is 17.0 Å². The zero-order chi connectivity index (χ0) is 21.3. The zero-order valence-corrected chi connectivity index (χ0v) is 16.6. The summed E-state index contributed by atoms with van der Waals surface area (Å²) >= 11 is 0. The van der Waals surface area contributed by atoms with Crippen molar-refractivity contribution in [1.82, 2.24) is 10.9 Å². The molecular weight excluding hydrogens is 388 g/mol. The van der Waals surface area contributed by atoms with Crippen molar-refractivity contribution in [3.05, 3.63) is 60.4 Å². The second-order valence-electron chi connectivity index (χ2n) is 6.07. The van der Waals surface area contributed by atoms with Crippen molar-refractivity contribution in [3.63, 3.8) is 0 Å². The number of furan rings is 1. The molecular formula is C22H22N2O6. The number of hydrogen-bond donors (Lipinski definition) is 2. The predicted octanol–water partition coefficient (Wildman–Crippen LogP) is 3.08. The molecule has 0 fully saturated rings. The number of carbonyl (C=O) groups is 2. The highest BCUT2D eigenvalue weighted by molar-refractivity contribution is 5.94. The molecule has 1 heterocycles. The molecule has 8 nitrogen and oxygen atoms in total. The van der Waals surface area contributed by atoms with E-state index in [0.717, 1.165) is 5.39 Å². The first-order chi connectivity index (χ1) is 14.6. The molecule has 0 unspecified atom stereocenters. The summed E-state index contributed by atoms with van der Waals surface area (Å²) in [4.78, 5) is 23.8. The van der Waals surface area contributed by atoms with E-state index in [1.807, 2.05) is 25.1 Å². The lowest BCUT2D eigenvalue weighted by Gasteiger charge is -2.11. The Morgan fingerprint density at radius 2 is 1.73 bits per heavy atom. The number of hydrogen-bond acceptors (Lipinski definition) is 6. The lowest BCUT2D eigenvalue weighted by atomic mass is 10.2. The monoisotopic (exact) mass is 410 g/mol. The SMILES string of the molecule is CCOc1ccccc1OCC(=O)NNC(=O)/C=C/c1cc2cccc(OC)c2o1. The first-order valence-corrected chi connectivity index (χ1v) is 9.28. The molecule has 0 spiro atoms. The van der Waals surface area contributed by atoms with Gasteiger partial charge in [0.2, 0.25) is 0 Å². The van der Waals surface area contributed by atoms with Crippen molar-refractivity contribution in [2.24, 2.45) is 0 Å². The fourth-order valence-electron chi connectivity index (χ4n) is 2.65. The van der Waals surface area contributed by atoms with Gasteiger partial charge in [-0.15, -0.1) is 0 Å². The molecule has 3 aromatic rings. The molecule has 30 heavy (non-hydrogen) atoms. The summed E-state index contributed by atoms with van der Waals surface area (Å²) in [6.45, 7) is 2.05. The Labute approximate surface area is 173 Å². The van der Waals surface area contributed by atoms with Crippen molar-refractivity contribution in [2.75, 3.05) is 20.3 Å². The Morgan fingerprint density at radius 3 is 2.47 bits per heavy atom. The van der Waals surface area contributed by atoms with Crippen LogP contribution in [0.3, 0.4) is 0 Å². The number of ether oxygens (including phenoxy) is 3. The van der Waals surface area contributed by atoms with E-state index in [4.69, 9.17) is 18.6 Å². The number of para-hydroxylation sites is 3. The molecule has 2 aromatic carbocycles. The average molecular weight is 410 g/mol. The van der Waals surface area contributed by atoms with Gasteiger partial charge in [0.1, 0.15) is 5.76 Å². The van der Waals surface area contributed by atoms with Crippen LogP contribution >= 0.6 is 0 Å². The van der Waals surface area contributed by atoms with E-state index < -0.39 is 11.8 Å². The number of nitrogens with one attached hydrogen (secondary N) is 2. The number of methoxy groups -OCH3 is 1. The van der Waals surface area contributed by atoms with Gasteiger partial charge in [-0.05, 0) is 37.3 Å². The molecule has 3 rings (SSSR count). The summed E-state index contributed by atoms with van der Waals surface area (Å²) in [5.74, 6) is 1.03. The van der Waals surface area contributed by atoms with Crippen LogP contribution in [-0.2, 0) is 9.59 Å². The topological polar surface area (TPSA) is 99.0 Å². The smallest absolute Gasteiger partial charge is 0.276 e. The molecule has 2 N–H and O–H groups in total. The van der Waals surface area contributed by atoms with E-state index in [1.54, 1.807) is 37.4 Å². The van der Waals surface area contributed by atoms with Gasteiger partial charge in [0.05, 0.1) is 13.7 Å². The van der Waals surface area contributed by atoms with Gasteiger partial charge in [0, 0.05) is 11.5 Å². The standard InChI is InChI=1S/C22H22N2O6/c1-3-28-17-8-4-5-9-18(17)29-14-21(26)24-23-20(25)12-11-16-13-15-7-6-10-19(27-2)22(15)30-16/h4-13H,3,14H2,1-2H3,(H,23,25)(H,24,26)/b12-11+. The largest absolute Gasteiger partial charge is 0.493 e. The molecule has 0 saturated carbocycles. The summed E-state index contributed by atoms with van der Waals surface area (Å²) in [6.07, 6.45) is 2.74. The van der Waals surface area contributed by atoms with Crippen LogP contribution in [0.4, 0.5) is 0 Å². The van der Waals surface area contributed by atoms with Crippen LogP contribution in [0.2, 0.25) is 0 Å². The molecule has 0 aliphatic heterocycles. The highest BCUT2D eigenvalue weighted by Gasteiger charge is 2.09. The van der Waals surface area contributed by atoms with Gasteiger partial charge in [-0.25, -0.2) is 0 Å². The maximum absolute atomic E-state index is 11.9. The molecule has 0 aliphatic carbocycles. The quantitative estimate of drug-likeness (QED) is 0.437. The third-order valence-corrected chi connectivity index (χ3v) is 3.98. The summed E-state index contributed by atoms with van der Waals surface area (Å²) in [7, 11) is 1.56. The number of fused-ring (bicyclic) bond motifs is 1. The number of benzene rings is 2. The lowest BCUT2D eigenvalue weighted by Crippen LogP contribution is -2.43. The van der Waals surface area contributed by atoms with Gasteiger partial charge < -0.3 is 18.6 Å². The highest BCUT2D eigenvalue weighted by atomic mass is 16.5. The Morgan fingerprint density at radius 1 is 1.00 bits per heavy atom. The van der Waals surface area contributed by atoms with Gasteiger partial charge in [-0.3, -0.25) is 20.4 Å². The summed E-state index contributed by atoms with van der Waals surface area (Å²) in [5, 5.41) is 0.854. The molecule has 0 saturated heterocycles. The van der Waals surface area contributed by atoms with Crippen LogP contribution in [-0.4, -0.2) is 32.1 Å². The molecule has 156 valence electrons. The third-order valence-electron chi connectivity index (χ3n) is 3.98. The van der Waals surface area contributed by atoms with Gasteiger partial charge in [-0.1, -0.05) is 24.3 Å². The van der Waals surface area contributed by atoms with Gasteiger partial charge in [0.15, 0.2) is 29.4 Å². The van der Waals surface area contributed by atoms with Crippen molar-refractivity contribution in [3.8, 4) is 17.2 Å². The minimum atomic E-state index is -0.523. The van der Waals surface area contributed by atoms with Crippen molar-refractivity contribution in [2.45, 2.75) is 6.92 Å². The molecule has 8 heteroatoms. The summed E-state index contributed by atoms with van der Waals surface area (Å²) in [5.41, 5.74) is 5.16. The molecule has 0 bridgehead atoms. The first-order valence-electron chi connectivity index (χ1n) is 9.28. The van der Waals surface area contributed by atoms with Crippen LogP contribution < -0.4 is 25.1 Å². The fraction of sp³-hybridized carbons (Fsp3) is 0.182. The van der Waals surface area contributed by atoms with Crippen LogP contribution in [0.15, 0.2) is 59.0 Å². The Kier molecular flexibility index (Phi) is 6.94. The molecule has 2 amide bonds. The summed E-state index contributed by atoms with van der Waals surface area (Å²) < 4.78 is 21.8. The normalized spacial score (nSPS) is 10.7. The van der Waals surface area contributed by atoms with E-state index >= 15 is 0 Å². The minimum Gasteiger partial charge on any atom is -0.493 e. The molecule has 0 aliphatic rings. The number of hydrazine groups is 1. The van der Waals surface area contributed by atoms with Gasteiger partial charge in [0.25, 0.3) is 11.8 Å². The van der Waals surface area contributed by atoms with Crippen molar-refractivity contribution in [1.29, 1.82) is 0 Å². The predicted molar refractivity (Wildman–Crippen MR) is 111 cm³/mol. The van der Waals surface area contributed by atoms with E-state index in [0.29, 0.717) is 35.2 Å². The van der Waals surface area contributed by atoms with E-state index in [2.05, 4.69) is 10.9 Å². The lowest BCUT2D eigenvalue weighted by molar-refractivity contribution is -0.128. The fourth-order valence-corrected chi connectivity index (χ4v) is 2.65. The van der Waals surface area contributed by atoms with Crippen molar-refractivity contribution < 1.29 is 28.2 Å². The highest BCUT2D eigenvalue weighted by Crippen LogP contribution is 2.29. The maximum atomic E-state index is 11.9. The number of rotatable bonds is 8. The van der Waals surface area contributed by atoms with Crippen LogP contribution in [0.5, 0.6) is 17.2 Å². The van der Waals surface area contributed by atoms with Gasteiger partial charge in [-0.2, -0.15) is 0 Å². The second-order valence-corrected chi connectivity index (χ2v) is 6.07. The van der Waals surface area contributed by atoms with E-state index in [-0.39, 0.29) is 6.61 Å². The second kappa shape index (κ2) is 10.0. The van der Waals surface area contributed by atoms with Gasteiger partial charge >= 0.3 is 0 Å². The Hall–Kier alpha value is -3.94. The van der Waals surface area contributed by atoms with Crippen LogP contribution in [0, 0.1) is 0 Å². The summed E-state index contributed by atoms with van der Waals surface area (Å²) in [6, 6.07) is 14.3. The maximum Gasteiger partial charge on any atom is 0.276 e. The third kappa shape index (κ3) is 5.32.